The Morgan fingerprint density at radius 2 is 1.78 bits per heavy atom. The average Bonchev–Trinajstić information content (AvgIpc) is 2.31. The van der Waals surface area contributed by atoms with Crippen molar-refractivity contribution < 1.29 is 14.7 Å². The second kappa shape index (κ2) is 9.74. The Labute approximate surface area is 109 Å². The van der Waals surface area contributed by atoms with Gasteiger partial charge in [-0.05, 0) is 19.8 Å². The topological polar surface area (TPSA) is 78.4 Å². The van der Waals surface area contributed by atoms with Crippen LogP contribution in [0.3, 0.4) is 0 Å². The van der Waals surface area contributed by atoms with Crippen molar-refractivity contribution in [1.29, 1.82) is 0 Å². The minimum absolute atomic E-state index is 0.0770. The Kier molecular flexibility index (Phi) is 9.06. The minimum atomic E-state index is -0.997. The molecule has 0 aromatic carbocycles. The number of carboxylic acids is 1. The summed E-state index contributed by atoms with van der Waals surface area (Å²) in [7, 11) is 0. The Hall–Kier alpha value is -1.26. The van der Waals surface area contributed by atoms with Crippen LogP contribution in [-0.2, 0) is 4.79 Å². The smallest absolute Gasteiger partial charge is 0.326 e. The first kappa shape index (κ1) is 16.7. The number of unbranched alkanes of at least 4 members (excludes halogenated alkanes) is 3. The fourth-order valence-corrected chi connectivity index (χ4v) is 1.71. The van der Waals surface area contributed by atoms with E-state index in [9.17, 15) is 9.59 Å². The summed E-state index contributed by atoms with van der Waals surface area (Å²) in [5.41, 5.74) is 0. The normalized spacial score (nSPS) is 13.7. The van der Waals surface area contributed by atoms with E-state index in [-0.39, 0.29) is 6.04 Å². The molecule has 2 atom stereocenters. The van der Waals surface area contributed by atoms with Gasteiger partial charge in [0, 0.05) is 6.04 Å². The van der Waals surface area contributed by atoms with Crippen molar-refractivity contribution >= 4 is 12.0 Å². The molecule has 0 rings (SSSR count). The zero-order valence-electron chi connectivity index (χ0n) is 11.7. The third-order valence-corrected chi connectivity index (χ3v) is 2.88. The van der Waals surface area contributed by atoms with Gasteiger partial charge in [-0.2, -0.15) is 0 Å². The Balaban J connectivity index is 3.82. The van der Waals surface area contributed by atoms with Gasteiger partial charge in [-0.15, -0.1) is 0 Å². The van der Waals surface area contributed by atoms with Gasteiger partial charge in [-0.1, -0.05) is 39.5 Å². The molecule has 0 heterocycles. The molecule has 0 saturated heterocycles. The highest BCUT2D eigenvalue weighted by Gasteiger charge is 2.18. The second-order valence-electron chi connectivity index (χ2n) is 4.67. The van der Waals surface area contributed by atoms with Crippen LogP contribution in [0.4, 0.5) is 4.79 Å². The van der Waals surface area contributed by atoms with Crippen LogP contribution in [-0.4, -0.2) is 29.2 Å². The Bertz CT molecular complexity index is 257. The number of hydrogen-bond donors (Lipinski definition) is 3. The van der Waals surface area contributed by atoms with Crippen LogP contribution < -0.4 is 10.6 Å². The summed E-state index contributed by atoms with van der Waals surface area (Å²) in [6.45, 7) is 5.83. The highest BCUT2D eigenvalue weighted by Crippen LogP contribution is 2.05. The molecular weight excluding hydrogens is 232 g/mol. The largest absolute Gasteiger partial charge is 0.480 e. The standard InChI is InChI=1S/C13H26N2O3/c1-4-6-7-8-9-10(3)14-13(18)15-11(5-2)12(16)17/h10-11H,4-9H2,1-3H3,(H,16,17)(H2,14,15,18)/t10?,11-/m0/s1. The zero-order valence-corrected chi connectivity index (χ0v) is 11.7. The maximum atomic E-state index is 11.5. The number of aliphatic carboxylic acids is 1. The van der Waals surface area contributed by atoms with Gasteiger partial charge < -0.3 is 15.7 Å². The summed E-state index contributed by atoms with van der Waals surface area (Å²) in [5, 5.41) is 14.0. The predicted molar refractivity (Wildman–Crippen MR) is 71.6 cm³/mol. The fraction of sp³-hybridized carbons (Fsp3) is 0.846. The lowest BCUT2D eigenvalue weighted by molar-refractivity contribution is -0.139. The molecule has 0 aliphatic carbocycles. The van der Waals surface area contributed by atoms with Crippen molar-refractivity contribution in [1.82, 2.24) is 10.6 Å². The Morgan fingerprint density at radius 1 is 1.11 bits per heavy atom. The number of hydrogen-bond acceptors (Lipinski definition) is 2. The summed E-state index contributed by atoms with van der Waals surface area (Å²) >= 11 is 0. The summed E-state index contributed by atoms with van der Waals surface area (Å²) < 4.78 is 0. The number of rotatable bonds is 9. The number of nitrogens with one attached hydrogen (secondary N) is 2. The summed E-state index contributed by atoms with van der Waals surface area (Å²) in [5.74, 6) is -0.997. The van der Waals surface area contributed by atoms with Crippen LogP contribution >= 0.6 is 0 Å². The Morgan fingerprint density at radius 3 is 2.28 bits per heavy atom. The van der Waals surface area contributed by atoms with Crippen LogP contribution in [0.2, 0.25) is 0 Å². The van der Waals surface area contributed by atoms with Crippen molar-refractivity contribution in [3.8, 4) is 0 Å². The minimum Gasteiger partial charge on any atom is -0.480 e. The van der Waals surface area contributed by atoms with E-state index in [1.807, 2.05) is 6.92 Å². The third kappa shape index (κ3) is 7.92. The predicted octanol–water partition coefficient (Wildman–Crippen LogP) is 2.51. The van der Waals surface area contributed by atoms with E-state index in [4.69, 9.17) is 5.11 Å². The van der Waals surface area contributed by atoms with Crippen LogP contribution in [0.5, 0.6) is 0 Å². The van der Waals surface area contributed by atoms with E-state index in [0.29, 0.717) is 6.42 Å². The molecule has 1 unspecified atom stereocenters. The molecule has 0 aromatic heterocycles. The molecule has 0 saturated carbocycles. The molecule has 106 valence electrons. The molecule has 0 fully saturated rings. The van der Waals surface area contributed by atoms with Crippen LogP contribution in [0.25, 0.3) is 0 Å². The lowest BCUT2D eigenvalue weighted by atomic mass is 10.1. The van der Waals surface area contributed by atoms with Gasteiger partial charge >= 0.3 is 12.0 Å². The maximum absolute atomic E-state index is 11.5. The number of carboxylic acid groups (broad SMARTS) is 1. The van der Waals surface area contributed by atoms with Gasteiger partial charge in [0.25, 0.3) is 0 Å². The quantitative estimate of drug-likeness (QED) is 0.556. The summed E-state index contributed by atoms with van der Waals surface area (Å²) in [6.07, 6.45) is 5.99. The highest BCUT2D eigenvalue weighted by molar-refractivity contribution is 5.82. The molecule has 2 amide bonds. The first-order valence-electron chi connectivity index (χ1n) is 6.81. The number of carbonyl (C=O) groups is 2. The third-order valence-electron chi connectivity index (χ3n) is 2.88. The molecular formula is C13H26N2O3. The van der Waals surface area contributed by atoms with Crippen molar-refractivity contribution in [2.45, 2.75) is 71.4 Å². The average molecular weight is 258 g/mol. The first-order valence-corrected chi connectivity index (χ1v) is 6.81. The van der Waals surface area contributed by atoms with E-state index < -0.39 is 18.0 Å². The maximum Gasteiger partial charge on any atom is 0.326 e. The van der Waals surface area contributed by atoms with Gasteiger partial charge in [0.2, 0.25) is 0 Å². The van der Waals surface area contributed by atoms with Crippen molar-refractivity contribution in [2.24, 2.45) is 0 Å². The van der Waals surface area contributed by atoms with E-state index in [0.717, 1.165) is 12.8 Å². The second-order valence-corrected chi connectivity index (χ2v) is 4.67. The van der Waals surface area contributed by atoms with Crippen LogP contribution in [0, 0.1) is 0 Å². The lowest BCUT2D eigenvalue weighted by Gasteiger charge is -2.17. The van der Waals surface area contributed by atoms with E-state index >= 15 is 0 Å². The monoisotopic (exact) mass is 258 g/mol. The highest BCUT2D eigenvalue weighted by atomic mass is 16.4. The molecule has 0 bridgehead atoms. The van der Waals surface area contributed by atoms with Gasteiger partial charge in [0.1, 0.15) is 6.04 Å². The molecule has 3 N–H and O–H groups in total. The van der Waals surface area contributed by atoms with E-state index in [1.54, 1.807) is 6.92 Å². The molecule has 0 spiro atoms. The molecule has 18 heavy (non-hydrogen) atoms. The summed E-state index contributed by atoms with van der Waals surface area (Å²) in [4.78, 5) is 22.3. The van der Waals surface area contributed by atoms with E-state index in [2.05, 4.69) is 17.6 Å². The molecule has 0 aliphatic heterocycles. The molecule has 0 radical (unpaired) electrons. The van der Waals surface area contributed by atoms with Crippen molar-refractivity contribution in [2.75, 3.05) is 0 Å². The molecule has 0 aromatic rings. The van der Waals surface area contributed by atoms with Gasteiger partial charge in [-0.25, -0.2) is 9.59 Å². The zero-order chi connectivity index (χ0) is 14.0. The fourth-order valence-electron chi connectivity index (χ4n) is 1.71. The van der Waals surface area contributed by atoms with Crippen LogP contribution in [0.15, 0.2) is 0 Å². The van der Waals surface area contributed by atoms with Gasteiger partial charge in [0.15, 0.2) is 0 Å². The SMILES string of the molecule is CCCCCCC(C)NC(=O)N[C@@H](CC)C(=O)O. The number of carbonyl (C=O) groups excluding carboxylic acids is 1. The van der Waals surface area contributed by atoms with Gasteiger partial charge in [0.05, 0.1) is 0 Å². The number of urea groups is 1. The lowest BCUT2D eigenvalue weighted by Crippen LogP contribution is -2.48. The molecule has 5 heteroatoms. The summed E-state index contributed by atoms with van der Waals surface area (Å²) in [6, 6.07) is -1.13. The van der Waals surface area contributed by atoms with Gasteiger partial charge in [-0.3, -0.25) is 0 Å². The van der Waals surface area contributed by atoms with E-state index in [1.165, 1.54) is 19.3 Å². The molecule has 0 aliphatic rings. The van der Waals surface area contributed by atoms with Crippen LogP contribution in [0.1, 0.15) is 59.3 Å². The molecule has 5 nitrogen and oxygen atoms in total. The number of amides is 2. The first-order chi connectivity index (χ1) is 8.51. The van der Waals surface area contributed by atoms with Crippen molar-refractivity contribution in [3.63, 3.8) is 0 Å². The van der Waals surface area contributed by atoms with Crippen molar-refractivity contribution in [3.05, 3.63) is 0 Å².